The summed E-state index contributed by atoms with van der Waals surface area (Å²) in [5.41, 5.74) is 1.24. The molecule has 1 aromatic heterocycles. The molecule has 2 heterocycles. The molecule has 0 radical (unpaired) electrons. The van der Waals surface area contributed by atoms with Crippen molar-refractivity contribution in [3.05, 3.63) is 18.0 Å². The summed E-state index contributed by atoms with van der Waals surface area (Å²) in [6, 6.07) is 2.34. The molecule has 0 saturated carbocycles. The zero-order valence-corrected chi connectivity index (χ0v) is 11.3. The first kappa shape index (κ1) is 12.8. The fraction of sp³-hybridized carbons (Fsp3) is 0.643. The van der Waals surface area contributed by atoms with Gasteiger partial charge in [-0.25, -0.2) is 9.97 Å². The molecule has 0 atom stereocenters. The fourth-order valence-corrected chi connectivity index (χ4v) is 2.08. The zero-order chi connectivity index (χ0) is 13.2. The van der Waals surface area contributed by atoms with Crippen molar-refractivity contribution >= 4 is 5.95 Å². The minimum atomic E-state index is 0.0896. The maximum Gasteiger partial charge on any atom is 0.225 e. The highest BCUT2D eigenvalue weighted by Crippen LogP contribution is 2.23. The van der Waals surface area contributed by atoms with E-state index in [1.54, 1.807) is 0 Å². The van der Waals surface area contributed by atoms with Gasteiger partial charge >= 0.3 is 0 Å². The molecule has 1 saturated heterocycles. The lowest BCUT2D eigenvalue weighted by molar-refractivity contribution is 0.481. The molecular weight excluding hydrogens is 224 g/mol. The Hall–Kier alpha value is -1.63. The Kier molecular flexibility index (Phi) is 3.51. The standard InChI is InChI=1S/C14H20N4/c1-14(2,3)12-9-16-13(17-10-12)18-6-4-11(8-15)5-7-18/h9-11H,4-7H2,1-3H3. The summed E-state index contributed by atoms with van der Waals surface area (Å²) in [6.07, 6.45) is 5.67. The van der Waals surface area contributed by atoms with Crippen LogP contribution in [0.3, 0.4) is 0 Å². The van der Waals surface area contributed by atoms with Crippen LogP contribution in [-0.4, -0.2) is 23.1 Å². The highest BCUT2D eigenvalue weighted by atomic mass is 15.2. The Morgan fingerprint density at radius 3 is 2.22 bits per heavy atom. The SMILES string of the molecule is CC(C)(C)c1cnc(N2CCC(C#N)CC2)nc1. The number of nitrogens with zero attached hydrogens (tertiary/aromatic N) is 4. The van der Waals surface area contributed by atoms with E-state index in [2.05, 4.69) is 41.7 Å². The van der Waals surface area contributed by atoms with Crippen molar-refractivity contribution < 1.29 is 0 Å². The molecule has 0 amide bonds. The van der Waals surface area contributed by atoms with Gasteiger partial charge < -0.3 is 4.90 Å². The number of aromatic nitrogens is 2. The van der Waals surface area contributed by atoms with Crippen LogP contribution in [0.1, 0.15) is 39.2 Å². The molecule has 0 aliphatic carbocycles. The molecule has 1 aliphatic rings. The lowest BCUT2D eigenvalue weighted by Crippen LogP contribution is -2.34. The minimum Gasteiger partial charge on any atom is -0.341 e. The van der Waals surface area contributed by atoms with E-state index in [0.29, 0.717) is 0 Å². The van der Waals surface area contributed by atoms with Gasteiger partial charge in [0.05, 0.1) is 6.07 Å². The van der Waals surface area contributed by atoms with E-state index >= 15 is 0 Å². The van der Waals surface area contributed by atoms with Gasteiger partial charge in [-0.3, -0.25) is 0 Å². The highest BCUT2D eigenvalue weighted by Gasteiger charge is 2.21. The van der Waals surface area contributed by atoms with Crippen LogP contribution in [0.5, 0.6) is 0 Å². The fourth-order valence-electron chi connectivity index (χ4n) is 2.08. The normalized spacial score (nSPS) is 17.6. The first-order valence-electron chi connectivity index (χ1n) is 6.48. The molecule has 18 heavy (non-hydrogen) atoms. The van der Waals surface area contributed by atoms with Gasteiger partial charge in [-0.1, -0.05) is 20.8 Å². The van der Waals surface area contributed by atoms with Gasteiger partial charge in [0.1, 0.15) is 0 Å². The van der Waals surface area contributed by atoms with Gasteiger partial charge in [0, 0.05) is 31.4 Å². The van der Waals surface area contributed by atoms with E-state index in [0.717, 1.165) is 37.4 Å². The summed E-state index contributed by atoms with van der Waals surface area (Å²) in [6.45, 7) is 8.23. The second-order valence-electron chi connectivity index (χ2n) is 5.91. The Morgan fingerprint density at radius 1 is 1.22 bits per heavy atom. The van der Waals surface area contributed by atoms with Crippen LogP contribution in [0.4, 0.5) is 5.95 Å². The van der Waals surface area contributed by atoms with Gasteiger partial charge in [0.15, 0.2) is 0 Å². The lowest BCUT2D eigenvalue weighted by Gasteiger charge is -2.29. The largest absolute Gasteiger partial charge is 0.341 e. The van der Waals surface area contributed by atoms with E-state index in [4.69, 9.17) is 5.26 Å². The third-order valence-corrected chi connectivity index (χ3v) is 3.46. The molecule has 0 unspecified atom stereocenters. The first-order valence-corrected chi connectivity index (χ1v) is 6.48. The molecule has 0 bridgehead atoms. The third-order valence-electron chi connectivity index (χ3n) is 3.46. The number of hydrogen-bond donors (Lipinski definition) is 0. The predicted octanol–water partition coefficient (Wildman–Crippen LogP) is 2.51. The van der Waals surface area contributed by atoms with Crippen LogP contribution >= 0.6 is 0 Å². The van der Waals surface area contributed by atoms with E-state index in [1.165, 1.54) is 0 Å². The number of hydrogen-bond acceptors (Lipinski definition) is 4. The van der Waals surface area contributed by atoms with Crippen LogP contribution in [-0.2, 0) is 5.41 Å². The van der Waals surface area contributed by atoms with Crippen LogP contribution in [0, 0.1) is 17.2 Å². The van der Waals surface area contributed by atoms with Crippen LogP contribution < -0.4 is 4.90 Å². The summed E-state index contributed by atoms with van der Waals surface area (Å²) >= 11 is 0. The molecule has 0 spiro atoms. The van der Waals surface area contributed by atoms with Crippen molar-refractivity contribution in [1.82, 2.24) is 9.97 Å². The van der Waals surface area contributed by atoms with Crippen molar-refractivity contribution in [2.24, 2.45) is 5.92 Å². The molecular formula is C14H20N4. The Bertz CT molecular complexity index is 430. The maximum atomic E-state index is 8.87. The molecule has 96 valence electrons. The van der Waals surface area contributed by atoms with Crippen molar-refractivity contribution in [2.75, 3.05) is 18.0 Å². The molecule has 4 nitrogen and oxygen atoms in total. The van der Waals surface area contributed by atoms with Crippen LogP contribution in [0.2, 0.25) is 0 Å². The van der Waals surface area contributed by atoms with Gasteiger partial charge in [0.2, 0.25) is 5.95 Å². The molecule has 1 aromatic rings. The summed E-state index contributed by atoms with van der Waals surface area (Å²) in [5, 5.41) is 8.87. The third kappa shape index (κ3) is 2.79. The Morgan fingerprint density at radius 2 is 1.78 bits per heavy atom. The molecule has 1 fully saturated rings. The average molecular weight is 244 g/mol. The second-order valence-corrected chi connectivity index (χ2v) is 5.91. The van der Waals surface area contributed by atoms with Crippen LogP contribution in [0.25, 0.3) is 0 Å². The Balaban J connectivity index is 2.05. The molecule has 1 aliphatic heterocycles. The quantitative estimate of drug-likeness (QED) is 0.761. The van der Waals surface area contributed by atoms with Gasteiger partial charge in [-0.2, -0.15) is 5.26 Å². The van der Waals surface area contributed by atoms with Gasteiger partial charge in [-0.15, -0.1) is 0 Å². The summed E-state index contributed by atoms with van der Waals surface area (Å²) in [4.78, 5) is 11.1. The van der Waals surface area contributed by atoms with Crippen molar-refractivity contribution in [2.45, 2.75) is 39.0 Å². The van der Waals surface area contributed by atoms with Crippen LogP contribution in [0.15, 0.2) is 12.4 Å². The zero-order valence-electron chi connectivity index (χ0n) is 11.3. The van der Waals surface area contributed by atoms with E-state index in [1.807, 2.05) is 12.4 Å². The van der Waals surface area contributed by atoms with Gasteiger partial charge in [0.25, 0.3) is 0 Å². The summed E-state index contributed by atoms with van der Waals surface area (Å²) in [7, 11) is 0. The monoisotopic (exact) mass is 244 g/mol. The number of piperidine rings is 1. The number of rotatable bonds is 1. The Labute approximate surface area is 109 Å². The highest BCUT2D eigenvalue weighted by molar-refractivity contribution is 5.32. The first-order chi connectivity index (χ1) is 8.50. The average Bonchev–Trinajstić information content (AvgIpc) is 2.38. The lowest BCUT2D eigenvalue weighted by atomic mass is 9.89. The predicted molar refractivity (Wildman–Crippen MR) is 71.3 cm³/mol. The molecule has 4 heteroatoms. The maximum absolute atomic E-state index is 8.87. The second kappa shape index (κ2) is 4.93. The summed E-state index contributed by atoms with van der Waals surface area (Å²) < 4.78 is 0. The van der Waals surface area contributed by atoms with Crippen molar-refractivity contribution in [1.29, 1.82) is 5.26 Å². The molecule has 2 rings (SSSR count). The van der Waals surface area contributed by atoms with Crippen molar-refractivity contribution in [3.8, 4) is 6.07 Å². The number of anilines is 1. The smallest absolute Gasteiger partial charge is 0.225 e. The molecule has 0 aromatic carbocycles. The topological polar surface area (TPSA) is 52.8 Å². The van der Waals surface area contributed by atoms with E-state index in [-0.39, 0.29) is 11.3 Å². The van der Waals surface area contributed by atoms with Gasteiger partial charge in [-0.05, 0) is 23.8 Å². The van der Waals surface area contributed by atoms with Crippen molar-refractivity contribution in [3.63, 3.8) is 0 Å². The minimum absolute atomic E-state index is 0.0896. The van der Waals surface area contributed by atoms with E-state index < -0.39 is 0 Å². The van der Waals surface area contributed by atoms with E-state index in [9.17, 15) is 0 Å². The summed E-state index contributed by atoms with van der Waals surface area (Å²) in [5.74, 6) is 0.995. The number of nitriles is 1. The molecule has 0 N–H and O–H groups in total.